The fourth-order valence-corrected chi connectivity index (χ4v) is 8.03. The van der Waals surface area contributed by atoms with Crippen molar-refractivity contribution >= 4 is 40.5 Å². The third-order valence-corrected chi connectivity index (χ3v) is 10.3. The summed E-state index contributed by atoms with van der Waals surface area (Å²) in [6, 6.07) is 4.06. The van der Waals surface area contributed by atoms with Gasteiger partial charge in [0, 0.05) is 29.1 Å². The first kappa shape index (κ1) is 33.7. The summed E-state index contributed by atoms with van der Waals surface area (Å²) in [6.07, 6.45) is 8.08. The van der Waals surface area contributed by atoms with E-state index < -0.39 is 36.4 Å². The van der Waals surface area contributed by atoms with Crippen molar-refractivity contribution in [2.75, 3.05) is 18.5 Å². The molecule has 2 saturated carbocycles. The fourth-order valence-electron chi connectivity index (χ4n) is 8.03. The number of rotatable bonds is 8. The van der Waals surface area contributed by atoms with Gasteiger partial charge in [0.25, 0.3) is 0 Å². The average molecular weight is 641 g/mol. The van der Waals surface area contributed by atoms with Crippen molar-refractivity contribution in [3.8, 4) is 0 Å². The van der Waals surface area contributed by atoms with E-state index in [0.717, 1.165) is 37.5 Å². The summed E-state index contributed by atoms with van der Waals surface area (Å²) in [4.78, 5) is 56.8. The predicted octanol–water partition coefficient (Wildman–Crippen LogP) is 6.58. The molecule has 46 heavy (non-hydrogen) atoms. The molecular weight excluding hydrogens is 591 g/mol. The summed E-state index contributed by atoms with van der Waals surface area (Å²) in [7, 11) is 0. The molecule has 1 aromatic carbocycles. The number of nitrogens with zero attached hydrogens (tertiary/aromatic N) is 1. The lowest BCUT2D eigenvalue weighted by atomic mass is 9.76. The second-order valence-corrected chi connectivity index (χ2v) is 14.5. The van der Waals surface area contributed by atoms with Crippen LogP contribution in [0.3, 0.4) is 0 Å². The van der Waals surface area contributed by atoms with Gasteiger partial charge in [-0.15, -0.1) is 0 Å². The van der Waals surface area contributed by atoms with Crippen molar-refractivity contribution in [2.24, 2.45) is 23.7 Å². The highest BCUT2D eigenvalue weighted by Crippen LogP contribution is 2.41. The number of hydrogen-bond donors (Lipinski definition) is 4. The standard InChI is InChI=1S/C35H49FN4O6/c1-20-26-18-24(14-15-27(26)38-29(20)33(43)44)37-31(41)30-25(21-8-6-5-7-9-21)16-17-40(30)32(42)23-12-10-22(11-13-23)28(19-36)39-34(45)46-35(2,3)4/h14-15,18,21-23,25,28,30,38H,5-13,16-17,19H2,1-4H3,(H,37,41)(H,39,45)(H,43,44)/t22-,23-,25-,28+,30-/m0/s1. The van der Waals surface area contributed by atoms with E-state index in [2.05, 4.69) is 15.6 Å². The number of aromatic carboxylic acids is 1. The molecule has 0 bridgehead atoms. The molecule has 3 fully saturated rings. The Balaban J connectivity index is 1.29. The number of ether oxygens (including phenoxy) is 1. The maximum absolute atomic E-state index is 14.1. The van der Waals surface area contributed by atoms with E-state index in [1.807, 2.05) is 0 Å². The molecule has 3 atom stereocenters. The quantitative estimate of drug-likeness (QED) is 0.257. The van der Waals surface area contributed by atoms with Gasteiger partial charge in [-0.2, -0.15) is 0 Å². The molecule has 2 aromatic rings. The van der Waals surface area contributed by atoms with Gasteiger partial charge < -0.3 is 30.4 Å². The number of amides is 3. The van der Waals surface area contributed by atoms with Crippen molar-refractivity contribution in [3.05, 3.63) is 29.5 Å². The summed E-state index contributed by atoms with van der Waals surface area (Å²) in [5.74, 6) is -1.16. The highest BCUT2D eigenvalue weighted by Gasteiger charge is 2.47. The maximum atomic E-state index is 14.1. The van der Waals surface area contributed by atoms with Gasteiger partial charge in [-0.25, -0.2) is 14.0 Å². The van der Waals surface area contributed by atoms with Crippen LogP contribution in [0.15, 0.2) is 18.2 Å². The van der Waals surface area contributed by atoms with Crippen LogP contribution in [-0.2, 0) is 14.3 Å². The molecule has 4 N–H and O–H groups in total. The first-order chi connectivity index (χ1) is 21.9. The van der Waals surface area contributed by atoms with Gasteiger partial charge in [0.15, 0.2) is 0 Å². The molecule has 11 heteroatoms. The first-order valence-electron chi connectivity index (χ1n) is 16.9. The Morgan fingerprint density at radius 2 is 1.74 bits per heavy atom. The lowest BCUT2D eigenvalue weighted by Gasteiger charge is -2.37. The number of aromatic nitrogens is 1. The van der Waals surface area contributed by atoms with Crippen LogP contribution in [-0.4, -0.2) is 69.8 Å². The van der Waals surface area contributed by atoms with Crippen molar-refractivity contribution in [1.82, 2.24) is 15.2 Å². The number of carbonyl (C=O) groups excluding carboxylic acids is 3. The van der Waals surface area contributed by atoms with Crippen LogP contribution in [0.1, 0.15) is 101 Å². The van der Waals surface area contributed by atoms with Crippen LogP contribution < -0.4 is 10.6 Å². The number of hydrogen-bond acceptors (Lipinski definition) is 5. The molecule has 5 rings (SSSR count). The second kappa shape index (κ2) is 14.0. The number of nitrogens with one attached hydrogen (secondary N) is 3. The van der Waals surface area contributed by atoms with E-state index in [9.17, 15) is 28.7 Å². The number of aromatic amines is 1. The molecule has 1 saturated heterocycles. The zero-order valence-electron chi connectivity index (χ0n) is 27.5. The number of carboxylic acid groups (broad SMARTS) is 1. The molecule has 10 nitrogen and oxygen atoms in total. The molecule has 1 aliphatic heterocycles. The van der Waals surface area contributed by atoms with Crippen molar-refractivity contribution in [1.29, 1.82) is 0 Å². The average Bonchev–Trinajstić information content (AvgIpc) is 3.61. The van der Waals surface area contributed by atoms with Gasteiger partial charge in [0.1, 0.15) is 24.0 Å². The summed E-state index contributed by atoms with van der Waals surface area (Å²) in [5, 5.41) is 16.0. The molecule has 3 aliphatic rings. The predicted molar refractivity (Wildman–Crippen MR) is 173 cm³/mol. The van der Waals surface area contributed by atoms with E-state index in [1.165, 1.54) is 6.42 Å². The first-order valence-corrected chi connectivity index (χ1v) is 16.9. The molecule has 2 aliphatic carbocycles. The number of carbonyl (C=O) groups is 4. The van der Waals surface area contributed by atoms with Crippen LogP contribution in [0.2, 0.25) is 0 Å². The molecule has 0 radical (unpaired) electrons. The molecule has 2 heterocycles. The Morgan fingerprint density at radius 1 is 1.04 bits per heavy atom. The minimum atomic E-state index is -1.04. The zero-order chi connectivity index (χ0) is 33.2. The van der Waals surface area contributed by atoms with E-state index in [4.69, 9.17) is 4.74 Å². The summed E-state index contributed by atoms with van der Waals surface area (Å²) < 4.78 is 19.3. The topological polar surface area (TPSA) is 141 Å². The normalized spacial score (nSPS) is 24.8. The van der Waals surface area contributed by atoms with Crippen LogP contribution in [0.5, 0.6) is 0 Å². The lowest BCUT2D eigenvalue weighted by Crippen LogP contribution is -2.50. The Hall–Kier alpha value is -3.63. The minimum Gasteiger partial charge on any atom is -0.477 e. The van der Waals surface area contributed by atoms with E-state index >= 15 is 0 Å². The number of alkyl carbamates (subject to hydrolysis) is 1. The Labute approximate surface area is 270 Å². The number of benzene rings is 1. The van der Waals surface area contributed by atoms with Crippen molar-refractivity contribution in [2.45, 2.75) is 110 Å². The third kappa shape index (κ3) is 7.50. The largest absolute Gasteiger partial charge is 0.477 e. The Bertz CT molecular complexity index is 1440. The number of carboxylic acids is 1. The van der Waals surface area contributed by atoms with E-state index in [-0.39, 0.29) is 35.3 Å². The number of likely N-dealkylation sites (tertiary alicyclic amines) is 1. The van der Waals surface area contributed by atoms with Gasteiger partial charge >= 0.3 is 12.1 Å². The highest BCUT2D eigenvalue weighted by atomic mass is 19.1. The minimum absolute atomic E-state index is 0.0168. The third-order valence-electron chi connectivity index (χ3n) is 10.3. The van der Waals surface area contributed by atoms with Gasteiger partial charge in [-0.1, -0.05) is 32.1 Å². The van der Waals surface area contributed by atoms with Gasteiger partial charge in [0.2, 0.25) is 11.8 Å². The molecule has 0 spiro atoms. The lowest BCUT2D eigenvalue weighted by molar-refractivity contribution is -0.142. The van der Waals surface area contributed by atoms with Crippen LogP contribution in [0.25, 0.3) is 10.9 Å². The van der Waals surface area contributed by atoms with Gasteiger partial charge in [0.05, 0.1) is 6.04 Å². The Morgan fingerprint density at radius 3 is 2.37 bits per heavy atom. The molecule has 0 unspecified atom stereocenters. The summed E-state index contributed by atoms with van der Waals surface area (Å²) in [5.41, 5.74) is 1.28. The number of alkyl halides is 1. The summed E-state index contributed by atoms with van der Waals surface area (Å²) in [6.45, 7) is 6.85. The fraction of sp³-hybridized carbons (Fsp3) is 0.657. The smallest absolute Gasteiger partial charge is 0.407 e. The van der Waals surface area contributed by atoms with Crippen LogP contribution >= 0.6 is 0 Å². The van der Waals surface area contributed by atoms with Crippen molar-refractivity contribution in [3.63, 3.8) is 0 Å². The molecule has 3 amide bonds. The highest BCUT2D eigenvalue weighted by molar-refractivity contribution is 6.02. The second-order valence-electron chi connectivity index (χ2n) is 14.5. The molecule has 1 aromatic heterocycles. The Kier molecular flexibility index (Phi) is 10.3. The number of anilines is 1. The molecule has 252 valence electrons. The van der Waals surface area contributed by atoms with E-state index in [1.54, 1.807) is 50.8 Å². The SMILES string of the molecule is Cc1c(C(=O)O)[nH]c2ccc(NC(=O)[C@@H]3[C@H](C4CCCCC4)CCN3C(=O)[C@H]3CC[C@H]([C@@H](CF)NC(=O)OC(C)(C)C)CC3)cc12. The number of halogens is 1. The van der Waals surface area contributed by atoms with E-state index in [0.29, 0.717) is 54.9 Å². The number of aryl methyl sites for hydroxylation is 1. The molecular formula is C35H49FN4O6. The maximum Gasteiger partial charge on any atom is 0.407 e. The van der Waals surface area contributed by atoms with Crippen molar-refractivity contribution < 1.29 is 33.4 Å². The van der Waals surface area contributed by atoms with Gasteiger partial charge in [-0.3, -0.25) is 9.59 Å². The van der Waals surface area contributed by atoms with Gasteiger partial charge in [-0.05, 0) is 101 Å². The summed E-state index contributed by atoms with van der Waals surface area (Å²) >= 11 is 0. The zero-order valence-corrected chi connectivity index (χ0v) is 27.5. The monoisotopic (exact) mass is 640 g/mol. The van der Waals surface area contributed by atoms with Crippen LogP contribution in [0.4, 0.5) is 14.9 Å². The number of H-pyrrole nitrogens is 1. The van der Waals surface area contributed by atoms with Crippen LogP contribution in [0, 0.1) is 30.6 Å². The number of fused-ring (bicyclic) bond motifs is 1.